The van der Waals surface area contributed by atoms with Gasteiger partial charge in [0.25, 0.3) is 0 Å². The average Bonchev–Trinajstić information content (AvgIpc) is 2.49. The summed E-state index contributed by atoms with van der Waals surface area (Å²) in [5.74, 6) is 0.600. The summed E-state index contributed by atoms with van der Waals surface area (Å²) >= 11 is 7.49. The number of hydrogen-bond donors (Lipinski definition) is 1. The standard InChI is InChI=1S/C9H15ClN2S/c1-9(2,3)7(6-10)12-8-11-4-5-13-8/h4-5,7H,6H2,1-3H3,(H,11,12). The number of alkyl halides is 1. The lowest BCUT2D eigenvalue weighted by Gasteiger charge is -2.29. The zero-order valence-electron chi connectivity index (χ0n) is 8.17. The predicted octanol–water partition coefficient (Wildman–Crippen LogP) is 3.21. The third-order valence-electron chi connectivity index (χ3n) is 1.93. The van der Waals surface area contributed by atoms with E-state index in [1.807, 2.05) is 5.38 Å². The van der Waals surface area contributed by atoms with E-state index in [0.29, 0.717) is 5.88 Å². The Bertz CT molecular complexity index is 241. The van der Waals surface area contributed by atoms with Gasteiger partial charge in [0.15, 0.2) is 5.13 Å². The highest BCUT2D eigenvalue weighted by atomic mass is 35.5. The molecule has 0 aliphatic rings. The second-order valence-corrected chi connectivity index (χ2v) is 5.26. The third-order valence-corrected chi connectivity index (χ3v) is 2.94. The molecule has 0 aromatic carbocycles. The molecular weight excluding hydrogens is 204 g/mol. The number of thiazole rings is 1. The molecule has 1 unspecified atom stereocenters. The zero-order valence-corrected chi connectivity index (χ0v) is 9.75. The van der Waals surface area contributed by atoms with Crippen molar-refractivity contribution in [1.29, 1.82) is 0 Å². The zero-order chi connectivity index (χ0) is 9.90. The Morgan fingerprint density at radius 2 is 2.31 bits per heavy atom. The topological polar surface area (TPSA) is 24.9 Å². The first kappa shape index (κ1) is 10.8. The molecule has 0 bridgehead atoms. The maximum absolute atomic E-state index is 5.88. The molecule has 1 aromatic rings. The molecule has 2 nitrogen and oxygen atoms in total. The molecule has 1 heterocycles. The summed E-state index contributed by atoms with van der Waals surface area (Å²) in [4.78, 5) is 4.17. The van der Waals surface area contributed by atoms with Gasteiger partial charge in [-0.2, -0.15) is 0 Å². The van der Waals surface area contributed by atoms with Crippen LogP contribution in [0, 0.1) is 5.41 Å². The van der Waals surface area contributed by atoms with Crippen LogP contribution in [0.4, 0.5) is 5.13 Å². The molecule has 74 valence electrons. The lowest BCUT2D eigenvalue weighted by molar-refractivity contribution is 0.362. The molecule has 0 saturated heterocycles. The van der Waals surface area contributed by atoms with Gasteiger partial charge < -0.3 is 5.32 Å². The van der Waals surface area contributed by atoms with E-state index in [2.05, 4.69) is 31.1 Å². The van der Waals surface area contributed by atoms with Crippen molar-refractivity contribution in [3.05, 3.63) is 11.6 Å². The fourth-order valence-corrected chi connectivity index (χ4v) is 2.05. The maximum atomic E-state index is 5.88. The number of anilines is 1. The van der Waals surface area contributed by atoms with Crippen molar-refractivity contribution in [2.75, 3.05) is 11.2 Å². The number of nitrogens with zero attached hydrogens (tertiary/aromatic N) is 1. The van der Waals surface area contributed by atoms with Crippen LogP contribution in [-0.2, 0) is 0 Å². The summed E-state index contributed by atoms with van der Waals surface area (Å²) in [6, 6.07) is 0.264. The second kappa shape index (κ2) is 4.29. The molecule has 0 amide bonds. The van der Waals surface area contributed by atoms with Crippen molar-refractivity contribution < 1.29 is 0 Å². The fourth-order valence-electron chi connectivity index (χ4n) is 0.930. The quantitative estimate of drug-likeness (QED) is 0.789. The third kappa shape index (κ3) is 3.16. The summed E-state index contributed by atoms with van der Waals surface area (Å²) in [7, 11) is 0. The van der Waals surface area contributed by atoms with Crippen LogP contribution in [-0.4, -0.2) is 16.9 Å². The summed E-state index contributed by atoms with van der Waals surface area (Å²) < 4.78 is 0. The number of hydrogen-bond acceptors (Lipinski definition) is 3. The van der Waals surface area contributed by atoms with Gasteiger partial charge in [-0.25, -0.2) is 4.98 Å². The predicted molar refractivity (Wildman–Crippen MR) is 59.7 cm³/mol. The molecule has 0 aliphatic carbocycles. The van der Waals surface area contributed by atoms with Crippen molar-refractivity contribution in [2.45, 2.75) is 26.8 Å². The number of nitrogens with one attached hydrogen (secondary N) is 1. The van der Waals surface area contributed by atoms with E-state index in [1.165, 1.54) is 0 Å². The number of aromatic nitrogens is 1. The van der Waals surface area contributed by atoms with E-state index in [0.717, 1.165) is 5.13 Å². The van der Waals surface area contributed by atoms with Crippen molar-refractivity contribution in [3.8, 4) is 0 Å². The molecule has 4 heteroatoms. The van der Waals surface area contributed by atoms with E-state index in [4.69, 9.17) is 11.6 Å². The van der Waals surface area contributed by atoms with Crippen LogP contribution in [0.25, 0.3) is 0 Å². The first-order valence-electron chi connectivity index (χ1n) is 4.26. The Labute approximate surface area is 88.3 Å². The molecule has 1 rings (SSSR count). The lowest BCUT2D eigenvalue weighted by atomic mass is 9.88. The second-order valence-electron chi connectivity index (χ2n) is 4.05. The molecule has 13 heavy (non-hydrogen) atoms. The van der Waals surface area contributed by atoms with Crippen LogP contribution in [0.5, 0.6) is 0 Å². The minimum absolute atomic E-state index is 0.160. The highest BCUT2D eigenvalue weighted by Crippen LogP contribution is 2.24. The number of rotatable bonds is 3. The van der Waals surface area contributed by atoms with E-state index in [9.17, 15) is 0 Å². The highest BCUT2D eigenvalue weighted by molar-refractivity contribution is 7.13. The van der Waals surface area contributed by atoms with E-state index >= 15 is 0 Å². The normalized spacial score (nSPS) is 14.2. The highest BCUT2D eigenvalue weighted by Gasteiger charge is 2.23. The molecule has 1 atom stereocenters. The first-order valence-corrected chi connectivity index (χ1v) is 5.67. The maximum Gasteiger partial charge on any atom is 0.182 e. The average molecular weight is 219 g/mol. The Balaban J connectivity index is 2.60. The first-order chi connectivity index (χ1) is 6.04. The largest absolute Gasteiger partial charge is 0.357 e. The van der Waals surface area contributed by atoms with Gasteiger partial charge in [0.1, 0.15) is 0 Å². The molecule has 1 N–H and O–H groups in total. The van der Waals surface area contributed by atoms with Crippen molar-refractivity contribution >= 4 is 28.1 Å². The van der Waals surface area contributed by atoms with E-state index in [1.54, 1.807) is 17.5 Å². The van der Waals surface area contributed by atoms with E-state index in [-0.39, 0.29) is 11.5 Å². The van der Waals surface area contributed by atoms with Gasteiger partial charge in [-0.15, -0.1) is 22.9 Å². The Morgan fingerprint density at radius 1 is 1.62 bits per heavy atom. The summed E-state index contributed by atoms with van der Waals surface area (Å²) in [5, 5.41) is 6.22. The van der Waals surface area contributed by atoms with Crippen LogP contribution in [0.1, 0.15) is 20.8 Å². The molecule has 0 saturated carbocycles. The van der Waals surface area contributed by atoms with Gasteiger partial charge in [-0.1, -0.05) is 20.8 Å². The van der Waals surface area contributed by atoms with Gasteiger partial charge in [0.05, 0.1) is 0 Å². The van der Waals surface area contributed by atoms with Crippen LogP contribution in [0.2, 0.25) is 0 Å². The fraction of sp³-hybridized carbons (Fsp3) is 0.667. The van der Waals surface area contributed by atoms with Gasteiger partial charge >= 0.3 is 0 Å². The number of halogens is 1. The molecule has 1 aromatic heterocycles. The van der Waals surface area contributed by atoms with Crippen LogP contribution in [0.3, 0.4) is 0 Å². The lowest BCUT2D eigenvalue weighted by Crippen LogP contribution is -2.35. The molecule has 0 spiro atoms. The molecule has 0 fully saturated rings. The van der Waals surface area contributed by atoms with Gasteiger partial charge in [-0.05, 0) is 5.41 Å². The smallest absolute Gasteiger partial charge is 0.182 e. The minimum atomic E-state index is 0.160. The van der Waals surface area contributed by atoms with Gasteiger partial charge in [-0.3, -0.25) is 0 Å². The van der Waals surface area contributed by atoms with E-state index < -0.39 is 0 Å². The summed E-state index contributed by atoms with van der Waals surface area (Å²) in [5.41, 5.74) is 0.160. The Morgan fingerprint density at radius 3 is 2.69 bits per heavy atom. The molecular formula is C9H15ClN2S. The van der Waals surface area contributed by atoms with Crippen molar-refractivity contribution in [3.63, 3.8) is 0 Å². The van der Waals surface area contributed by atoms with Gasteiger partial charge in [0, 0.05) is 23.5 Å². The van der Waals surface area contributed by atoms with Crippen LogP contribution >= 0.6 is 22.9 Å². The van der Waals surface area contributed by atoms with Gasteiger partial charge in [0.2, 0.25) is 0 Å². The van der Waals surface area contributed by atoms with Crippen molar-refractivity contribution in [2.24, 2.45) is 5.41 Å². The molecule has 0 aliphatic heterocycles. The van der Waals surface area contributed by atoms with Crippen molar-refractivity contribution in [1.82, 2.24) is 4.98 Å². The van der Waals surface area contributed by atoms with Crippen LogP contribution in [0.15, 0.2) is 11.6 Å². The Kier molecular flexibility index (Phi) is 3.56. The summed E-state index contributed by atoms with van der Waals surface area (Å²) in [6.07, 6.45) is 1.79. The molecule has 0 radical (unpaired) electrons. The van der Waals surface area contributed by atoms with Crippen LogP contribution < -0.4 is 5.32 Å². The SMILES string of the molecule is CC(C)(C)C(CCl)Nc1nccs1. The summed E-state index contributed by atoms with van der Waals surface area (Å²) in [6.45, 7) is 6.50. The minimum Gasteiger partial charge on any atom is -0.357 e. The Hall–Kier alpha value is -0.280. The monoisotopic (exact) mass is 218 g/mol.